The first-order valence-corrected chi connectivity index (χ1v) is 6.46. The van der Waals surface area contributed by atoms with Crippen LogP contribution in [0.15, 0.2) is 28.7 Å². The van der Waals surface area contributed by atoms with Crippen molar-refractivity contribution in [3.05, 3.63) is 34.3 Å². The number of carbonyl (C=O) groups is 1. The highest BCUT2D eigenvalue weighted by atomic mass is 79.9. The number of rotatable bonds is 5. The van der Waals surface area contributed by atoms with E-state index in [-0.39, 0.29) is 5.91 Å². The molecule has 4 heteroatoms. The van der Waals surface area contributed by atoms with Crippen molar-refractivity contribution in [2.24, 2.45) is 0 Å². The molecule has 3 nitrogen and oxygen atoms in total. The number of halogens is 1. The number of carbonyl (C=O) groups excluding carboxylic acids is 1. The highest BCUT2D eigenvalue weighted by Crippen LogP contribution is 2.17. The van der Waals surface area contributed by atoms with Crippen molar-refractivity contribution in [3.63, 3.8) is 0 Å². The lowest BCUT2D eigenvalue weighted by molar-refractivity contribution is 0.0790. The molecular formula is C13H19BrN2O. The number of benzene rings is 1. The molecule has 0 N–H and O–H groups in total. The highest BCUT2D eigenvalue weighted by Gasteiger charge is 2.13. The molecule has 1 aromatic carbocycles. The van der Waals surface area contributed by atoms with Crippen LogP contribution >= 0.6 is 15.9 Å². The van der Waals surface area contributed by atoms with Crippen molar-refractivity contribution in [3.8, 4) is 0 Å². The van der Waals surface area contributed by atoms with E-state index < -0.39 is 0 Å². The van der Waals surface area contributed by atoms with Crippen molar-refractivity contribution in [2.75, 3.05) is 34.2 Å². The smallest absolute Gasteiger partial charge is 0.254 e. The van der Waals surface area contributed by atoms with Crippen molar-refractivity contribution in [2.45, 2.75) is 6.42 Å². The number of nitrogens with zero attached hydrogens (tertiary/aromatic N) is 2. The third-order valence-electron chi connectivity index (χ3n) is 2.55. The summed E-state index contributed by atoms with van der Waals surface area (Å²) in [7, 11) is 5.92. The molecule has 0 saturated carbocycles. The van der Waals surface area contributed by atoms with Gasteiger partial charge in [-0.2, -0.15) is 0 Å². The van der Waals surface area contributed by atoms with Gasteiger partial charge in [0.15, 0.2) is 0 Å². The fourth-order valence-electron chi connectivity index (χ4n) is 1.57. The molecule has 0 aliphatic heterocycles. The maximum atomic E-state index is 12.1. The first-order chi connectivity index (χ1) is 8.02. The predicted octanol–water partition coefficient (Wildman–Crippen LogP) is 2.47. The van der Waals surface area contributed by atoms with Gasteiger partial charge in [0.05, 0.1) is 5.56 Å². The van der Waals surface area contributed by atoms with Crippen LogP contribution in [0.1, 0.15) is 16.8 Å². The van der Waals surface area contributed by atoms with Crippen LogP contribution in [0.25, 0.3) is 0 Å². The van der Waals surface area contributed by atoms with Crippen LogP contribution in [0, 0.1) is 0 Å². The van der Waals surface area contributed by atoms with Crippen molar-refractivity contribution >= 4 is 21.8 Å². The maximum absolute atomic E-state index is 12.1. The summed E-state index contributed by atoms with van der Waals surface area (Å²) in [6, 6.07) is 7.52. The fourth-order valence-corrected chi connectivity index (χ4v) is 2.02. The van der Waals surface area contributed by atoms with Crippen LogP contribution in [-0.4, -0.2) is 49.9 Å². The van der Waals surface area contributed by atoms with E-state index >= 15 is 0 Å². The van der Waals surface area contributed by atoms with Crippen molar-refractivity contribution in [1.82, 2.24) is 9.80 Å². The van der Waals surface area contributed by atoms with Gasteiger partial charge in [0.1, 0.15) is 0 Å². The van der Waals surface area contributed by atoms with E-state index in [9.17, 15) is 4.79 Å². The average Bonchev–Trinajstić information content (AvgIpc) is 2.28. The fraction of sp³-hybridized carbons (Fsp3) is 0.462. The van der Waals surface area contributed by atoms with E-state index in [2.05, 4.69) is 20.8 Å². The second kappa shape index (κ2) is 6.77. The lowest BCUT2D eigenvalue weighted by atomic mass is 10.2. The third-order valence-corrected chi connectivity index (χ3v) is 3.24. The molecule has 0 bridgehead atoms. The van der Waals surface area contributed by atoms with Gasteiger partial charge in [-0.25, -0.2) is 0 Å². The quantitative estimate of drug-likeness (QED) is 0.834. The minimum absolute atomic E-state index is 0.0660. The van der Waals surface area contributed by atoms with Crippen LogP contribution < -0.4 is 0 Å². The SMILES string of the molecule is CN(C)CCCN(C)C(=O)c1ccccc1Br. The summed E-state index contributed by atoms with van der Waals surface area (Å²) in [5, 5.41) is 0. The lowest BCUT2D eigenvalue weighted by Crippen LogP contribution is -2.29. The van der Waals surface area contributed by atoms with Gasteiger partial charge >= 0.3 is 0 Å². The van der Waals surface area contributed by atoms with Gasteiger partial charge < -0.3 is 9.80 Å². The molecule has 1 aromatic rings. The van der Waals surface area contributed by atoms with Gasteiger partial charge in [-0.3, -0.25) is 4.79 Å². The first-order valence-electron chi connectivity index (χ1n) is 5.67. The van der Waals surface area contributed by atoms with Gasteiger partial charge in [-0.05, 0) is 55.1 Å². The Hall–Kier alpha value is -0.870. The minimum atomic E-state index is 0.0660. The van der Waals surface area contributed by atoms with E-state index in [0.717, 1.165) is 29.5 Å². The number of hydrogen-bond acceptors (Lipinski definition) is 2. The maximum Gasteiger partial charge on any atom is 0.254 e. The predicted molar refractivity (Wildman–Crippen MR) is 74.3 cm³/mol. The molecule has 1 rings (SSSR count). The Kier molecular flexibility index (Phi) is 5.65. The summed E-state index contributed by atoms with van der Waals surface area (Å²) in [6.45, 7) is 1.77. The summed E-state index contributed by atoms with van der Waals surface area (Å²) < 4.78 is 0.851. The molecule has 0 aliphatic rings. The molecule has 0 spiro atoms. The monoisotopic (exact) mass is 298 g/mol. The Morgan fingerprint density at radius 2 is 1.82 bits per heavy atom. The summed E-state index contributed by atoms with van der Waals surface area (Å²) >= 11 is 3.40. The largest absolute Gasteiger partial charge is 0.342 e. The van der Waals surface area contributed by atoms with E-state index in [1.807, 2.05) is 45.4 Å². The Labute approximate surface area is 112 Å². The molecule has 0 fully saturated rings. The zero-order valence-electron chi connectivity index (χ0n) is 10.6. The third kappa shape index (κ3) is 4.48. The van der Waals surface area contributed by atoms with E-state index in [4.69, 9.17) is 0 Å². The molecule has 0 aliphatic carbocycles. The van der Waals surface area contributed by atoms with E-state index in [1.54, 1.807) is 4.90 Å². The molecule has 0 aromatic heterocycles. The van der Waals surface area contributed by atoms with Crippen molar-refractivity contribution < 1.29 is 4.79 Å². The second-order valence-electron chi connectivity index (χ2n) is 4.36. The van der Waals surface area contributed by atoms with Crippen LogP contribution in [-0.2, 0) is 0 Å². The van der Waals surface area contributed by atoms with Gasteiger partial charge in [0.2, 0.25) is 0 Å². The van der Waals surface area contributed by atoms with Gasteiger partial charge in [-0.1, -0.05) is 12.1 Å². The van der Waals surface area contributed by atoms with Crippen LogP contribution in [0.2, 0.25) is 0 Å². The summed E-state index contributed by atoms with van der Waals surface area (Å²) in [5.74, 6) is 0.0660. The molecular weight excluding hydrogens is 280 g/mol. The Morgan fingerprint density at radius 3 is 2.41 bits per heavy atom. The topological polar surface area (TPSA) is 23.6 Å². The minimum Gasteiger partial charge on any atom is -0.342 e. The Bertz CT molecular complexity index is 379. The first kappa shape index (κ1) is 14.2. The molecule has 1 amide bonds. The van der Waals surface area contributed by atoms with E-state index in [0.29, 0.717) is 0 Å². The molecule has 94 valence electrons. The lowest BCUT2D eigenvalue weighted by Gasteiger charge is -2.19. The van der Waals surface area contributed by atoms with Crippen LogP contribution in [0.3, 0.4) is 0 Å². The number of amides is 1. The molecule has 0 saturated heterocycles. The normalized spacial score (nSPS) is 10.6. The average molecular weight is 299 g/mol. The number of hydrogen-bond donors (Lipinski definition) is 0. The van der Waals surface area contributed by atoms with Crippen LogP contribution in [0.4, 0.5) is 0 Å². The molecule has 0 radical (unpaired) electrons. The molecule has 0 unspecified atom stereocenters. The summed E-state index contributed by atoms with van der Waals surface area (Å²) in [6.07, 6.45) is 0.986. The van der Waals surface area contributed by atoms with Crippen LogP contribution in [0.5, 0.6) is 0 Å². The standard InChI is InChI=1S/C13H19BrN2O/c1-15(2)9-6-10-16(3)13(17)11-7-4-5-8-12(11)14/h4-5,7-8H,6,9-10H2,1-3H3. The van der Waals surface area contributed by atoms with Gasteiger partial charge in [0.25, 0.3) is 5.91 Å². The van der Waals surface area contributed by atoms with Gasteiger partial charge in [-0.15, -0.1) is 0 Å². The molecule has 0 heterocycles. The summed E-state index contributed by atoms with van der Waals surface area (Å²) in [4.78, 5) is 16.0. The summed E-state index contributed by atoms with van der Waals surface area (Å²) in [5.41, 5.74) is 0.722. The zero-order valence-corrected chi connectivity index (χ0v) is 12.2. The Morgan fingerprint density at radius 1 is 1.18 bits per heavy atom. The second-order valence-corrected chi connectivity index (χ2v) is 5.22. The Balaban J connectivity index is 2.55. The molecule has 17 heavy (non-hydrogen) atoms. The molecule has 0 atom stereocenters. The van der Waals surface area contributed by atoms with E-state index in [1.165, 1.54) is 0 Å². The van der Waals surface area contributed by atoms with Crippen molar-refractivity contribution in [1.29, 1.82) is 0 Å². The highest BCUT2D eigenvalue weighted by molar-refractivity contribution is 9.10. The zero-order chi connectivity index (χ0) is 12.8. The van der Waals surface area contributed by atoms with Gasteiger partial charge in [0, 0.05) is 18.1 Å².